The van der Waals surface area contributed by atoms with Gasteiger partial charge in [-0.15, -0.1) is 0 Å². The van der Waals surface area contributed by atoms with Crippen molar-refractivity contribution in [3.05, 3.63) is 59.7 Å². The van der Waals surface area contributed by atoms with Crippen LogP contribution in [0.4, 0.5) is 5.69 Å². The van der Waals surface area contributed by atoms with Gasteiger partial charge in [0.15, 0.2) is 6.10 Å². The van der Waals surface area contributed by atoms with Gasteiger partial charge in [-0.1, -0.05) is 37.3 Å². The number of benzene rings is 2. The number of carbonyl (C=O) groups is 2. The van der Waals surface area contributed by atoms with E-state index in [4.69, 9.17) is 4.74 Å². The lowest BCUT2D eigenvalue weighted by molar-refractivity contribution is -0.122. The molecule has 1 atom stereocenters. The van der Waals surface area contributed by atoms with Gasteiger partial charge in [-0.25, -0.2) is 0 Å². The molecule has 1 unspecified atom stereocenters. The number of rotatable bonds is 6. The number of carbonyl (C=O) groups excluding carboxylic acids is 2. The first-order valence-electron chi connectivity index (χ1n) is 9.51. The fourth-order valence-electron chi connectivity index (χ4n) is 3.25. The molecule has 0 radical (unpaired) electrons. The zero-order valence-electron chi connectivity index (χ0n) is 15.9. The Balaban J connectivity index is 1.74. The predicted molar refractivity (Wildman–Crippen MR) is 106 cm³/mol. The van der Waals surface area contributed by atoms with Crippen LogP contribution in [0.3, 0.4) is 0 Å². The standard InChI is InChI=1S/C22H26N2O3/c1-3-19(27-20-13-7-4-10-16(20)2)21(25)23-18-12-6-5-11-17(18)22(26)24-14-8-9-15-24/h4-7,10-13,19H,3,8-9,14-15H2,1-2H3,(H,23,25). The van der Waals surface area contributed by atoms with E-state index in [1.807, 2.05) is 55.1 Å². The number of aryl methyl sites for hydroxylation is 1. The highest BCUT2D eigenvalue weighted by atomic mass is 16.5. The molecule has 1 aliphatic heterocycles. The highest BCUT2D eigenvalue weighted by Crippen LogP contribution is 2.22. The summed E-state index contributed by atoms with van der Waals surface area (Å²) in [5.41, 5.74) is 2.04. The van der Waals surface area contributed by atoms with Crippen molar-refractivity contribution < 1.29 is 14.3 Å². The number of anilines is 1. The molecule has 0 spiro atoms. The summed E-state index contributed by atoms with van der Waals surface area (Å²) in [4.78, 5) is 27.4. The van der Waals surface area contributed by atoms with E-state index < -0.39 is 6.10 Å². The number of para-hydroxylation sites is 2. The lowest BCUT2D eigenvalue weighted by atomic mass is 10.1. The molecule has 2 amide bonds. The highest BCUT2D eigenvalue weighted by Gasteiger charge is 2.24. The van der Waals surface area contributed by atoms with Gasteiger partial charge in [-0.05, 0) is 49.9 Å². The quantitative estimate of drug-likeness (QED) is 0.840. The van der Waals surface area contributed by atoms with Crippen LogP contribution in [0.15, 0.2) is 48.5 Å². The fourth-order valence-corrected chi connectivity index (χ4v) is 3.25. The van der Waals surface area contributed by atoms with E-state index in [1.165, 1.54) is 0 Å². The van der Waals surface area contributed by atoms with Crippen molar-refractivity contribution in [2.24, 2.45) is 0 Å². The van der Waals surface area contributed by atoms with Crippen molar-refractivity contribution in [3.8, 4) is 5.75 Å². The lowest BCUT2D eigenvalue weighted by Crippen LogP contribution is -2.34. The van der Waals surface area contributed by atoms with Crippen molar-refractivity contribution in [1.82, 2.24) is 4.90 Å². The highest BCUT2D eigenvalue weighted by molar-refractivity contribution is 6.04. The molecule has 0 saturated carbocycles. The maximum atomic E-state index is 12.8. The van der Waals surface area contributed by atoms with Gasteiger partial charge in [-0.3, -0.25) is 9.59 Å². The van der Waals surface area contributed by atoms with Crippen LogP contribution in [0.25, 0.3) is 0 Å². The van der Waals surface area contributed by atoms with Crippen LogP contribution < -0.4 is 10.1 Å². The van der Waals surface area contributed by atoms with Gasteiger partial charge in [0.2, 0.25) is 0 Å². The third kappa shape index (κ3) is 4.48. The van der Waals surface area contributed by atoms with Gasteiger partial charge in [0.1, 0.15) is 5.75 Å². The molecule has 142 valence electrons. The topological polar surface area (TPSA) is 58.6 Å². The van der Waals surface area contributed by atoms with Crippen LogP contribution in [-0.2, 0) is 4.79 Å². The zero-order chi connectivity index (χ0) is 19.2. The Morgan fingerprint density at radius 2 is 1.74 bits per heavy atom. The van der Waals surface area contributed by atoms with Gasteiger partial charge in [0, 0.05) is 13.1 Å². The minimum Gasteiger partial charge on any atom is -0.480 e. The number of likely N-dealkylation sites (tertiary alicyclic amines) is 1. The zero-order valence-corrected chi connectivity index (χ0v) is 15.9. The number of amides is 2. The monoisotopic (exact) mass is 366 g/mol. The van der Waals surface area contributed by atoms with Crippen LogP contribution in [0.1, 0.15) is 42.1 Å². The maximum absolute atomic E-state index is 12.8. The molecule has 3 rings (SSSR count). The van der Waals surface area contributed by atoms with E-state index in [9.17, 15) is 9.59 Å². The molecule has 0 aromatic heterocycles. The summed E-state index contributed by atoms with van der Waals surface area (Å²) in [6.45, 7) is 5.40. The molecule has 1 heterocycles. The Labute approximate surface area is 160 Å². The number of ether oxygens (including phenoxy) is 1. The summed E-state index contributed by atoms with van der Waals surface area (Å²) in [5, 5.41) is 2.89. The Kier molecular flexibility index (Phi) is 6.12. The molecule has 1 fully saturated rings. The lowest BCUT2D eigenvalue weighted by Gasteiger charge is -2.21. The first-order chi connectivity index (χ1) is 13.1. The number of nitrogens with zero attached hydrogens (tertiary/aromatic N) is 1. The average Bonchev–Trinajstić information content (AvgIpc) is 3.22. The largest absolute Gasteiger partial charge is 0.480 e. The molecule has 0 aliphatic carbocycles. The first-order valence-corrected chi connectivity index (χ1v) is 9.51. The molecule has 5 nitrogen and oxygen atoms in total. The van der Waals surface area contributed by atoms with Gasteiger partial charge >= 0.3 is 0 Å². The first kappa shape index (κ1) is 19.0. The molecule has 1 N–H and O–H groups in total. The molecule has 1 saturated heterocycles. The Morgan fingerprint density at radius 3 is 2.44 bits per heavy atom. The van der Waals surface area contributed by atoms with Crippen molar-refractivity contribution >= 4 is 17.5 Å². The molecule has 27 heavy (non-hydrogen) atoms. The summed E-state index contributed by atoms with van der Waals surface area (Å²) in [5.74, 6) is 0.416. The molecule has 2 aromatic rings. The summed E-state index contributed by atoms with van der Waals surface area (Å²) >= 11 is 0. The molecule has 5 heteroatoms. The number of hydrogen-bond acceptors (Lipinski definition) is 3. The second-order valence-corrected chi connectivity index (χ2v) is 6.81. The third-order valence-electron chi connectivity index (χ3n) is 4.83. The summed E-state index contributed by atoms with van der Waals surface area (Å²) in [6.07, 6.45) is 1.97. The molecule has 0 bridgehead atoms. The van der Waals surface area contributed by atoms with E-state index in [-0.39, 0.29) is 11.8 Å². The number of nitrogens with one attached hydrogen (secondary N) is 1. The van der Waals surface area contributed by atoms with E-state index in [0.29, 0.717) is 23.4 Å². The summed E-state index contributed by atoms with van der Waals surface area (Å²) in [6, 6.07) is 14.8. The summed E-state index contributed by atoms with van der Waals surface area (Å²) < 4.78 is 5.92. The van der Waals surface area contributed by atoms with Crippen LogP contribution in [0, 0.1) is 6.92 Å². The second-order valence-electron chi connectivity index (χ2n) is 6.81. The minimum atomic E-state index is -0.624. The Morgan fingerprint density at radius 1 is 1.07 bits per heavy atom. The van der Waals surface area contributed by atoms with E-state index in [1.54, 1.807) is 12.1 Å². The average molecular weight is 366 g/mol. The van der Waals surface area contributed by atoms with Gasteiger partial charge in [0.05, 0.1) is 11.3 Å². The minimum absolute atomic E-state index is 0.0312. The molecule has 1 aliphatic rings. The normalized spacial score (nSPS) is 14.7. The predicted octanol–water partition coefficient (Wildman–Crippen LogP) is 4.03. The van der Waals surface area contributed by atoms with Gasteiger partial charge in [0.25, 0.3) is 11.8 Å². The third-order valence-corrected chi connectivity index (χ3v) is 4.83. The van der Waals surface area contributed by atoms with E-state index >= 15 is 0 Å². The number of hydrogen-bond donors (Lipinski definition) is 1. The molecular formula is C22H26N2O3. The van der Waals surface area contributed by atoms with Crippen molar-refractivity contribution in [1.29, 1.82) is 0 Å². The van der Waals surface area contributed by atoms with E-state index in [2.05, 4.69) is 5.32 Å². The molecular weight excluding hydrogens is 340 g/mol. The smallest absolute Gasteiger partial charge is 0.265 e. The van der Waals surface area contributed by atoms with E-state index in [0.717, 1.165) is 31.5 Å². The maximum Gasteiger partial charge on any atom is 0.265 e. The molecule has 2 aromatic carbocycles. The van der Waals surface area contributed by atoms with Crippen LogP contribution >= 0.6 is 0 Å². The van der Waals surface area contributed by atoms with Crippen LogP contribution in [0.2, 0.25) is 0 Å². The van der Waals surface area contributed by atoms with Gasteiger partial charge in [-0.2, -0.15) is 0 Å². The Hall–Kier alpha value is -2.82. The van der Waals surface area contributed by atoms with Crippen molar-refractivity contribution in [2.45, 2.75) is 39.2 Å². The van der Waals surface area contributed by atoms with Crippen molar-refractivity contribution in [3.63, 3.8) is 0 Å². The fraction of sp³-hybridized carbons (Fsp3) is 0.364. The summed E-state index contributed by atoms with van der Waals surface area (Å²) in [7, 11) is 0. The SMILES string of the molecule is CCC(Oc1ccccc1C)C(=O)Nc1ccccc1C(=O)N1CCCC1. The van der Waals surface area contributed by atoms with Crippen molar-refractivity contribution in [2.75, 3.05) is 18.4 Å². The van der Waals surface area contributed by atoms with Crippen LogP contribution in [0.5, 0.6) is 5.75 Å². The second kappa shape index (κ2) is 8.71. The van der Waals surface area contributed by atoms with Gasteiger partial charge < -0.3 is 15.0 Å². The van der Waals surface area contributed by atoms with Crippen LogP contribution in [-0.4, -0.2) is 35.9 Å². The Bertz CT molecular complexity index is 813.